The van der Waals surface area contributed by atoms with Gasteiger partial charge in [0.25, 0.3) is 5.56 Å². The summed E-state index contributed by atoms with van der Waals surface area (Å²) in [5, 5.41) is 4.92. The Bertz CT molecular complexity index is 882. The van der Waals surface area contributed by atoms with Crippen LogP contribution in [0.3, 0.4) is 0 Å². The Balaban J connectivity index is 1.85. The Morgan fingerprint density at radius 2 is 2.23 bits per heavy atom. The summed E-state index contributed by atoms with van der Waals surface area (Å²) >= 11 is 1.39. The van der Waals surface area contributed by atoms with Crippen molar-refractivity contribution in [1.82, 2.24) is 14.6 Å². The number of aryl methyl sites for hydroxylation is 1. The van der Waals surface area contributed by atoms with Gasteiger partial charge in [-0.25, -0.2) is 4.98 Å². The first-order chi connectivity index (χ1) is 10.7. The maximum atomic E-state index is 12.0. The normalized spacial score (nSPS) is 10.8. The third-order valence-corrected chi connectivity index (χ3v) is 3.94. The zero-order valence-electron chi connectivity index (χ0n) is 12.2. The third-order valence-electron chi connectivity index (χ3n) is 3.11. The highest BCUT2D eigenvalue weighted by Crippen LogP contribution is 2.20. The molecule has 1 aromatic carbocycles. The van der Waals surface area contributed by atoms with Crippen LogP contribution in [-0.2, 0) is 13.0 Å². The number of hydrogen-bond acceptors (Lipinski definition) is 5. The van der Waals surface area contributed by atoms with E-state index in [2.05, 4.69) is 16.7 Å². The average molecular weight is 313 g/mol. The monoisotopic (exact) mass is 313 g/mol. The van der Waals surface area contributed by atoms with Crippen molar-refractivity contribution in [3.8, 4) is 5.75 Å². The molecule has 0 fully saturated rings. The van der Waals surface area contributed by atoms with Gasteiger partial charge in [0.05, 0.1) is 5.69 Å². The van der Waals surface area contributed by atoms with E-state index in [0.717, 1.165) is 22.7 Å². The van der Waals surface area contributed by atoms with Gasteiger partial charge >= 0.3 is 0 Å². The summed E-state index contributed by atoms with van der Waals surface area (Å²) in [5.41, 5.74) is 1.47. The molecule has 0 spiro atoms. The standard InChI is InChI=1S/C16H15N3O2S/c1-3-6-12-7-4-5-8-14(12)21-10-13-9-15(20)19-16(17-13)22-11(2)18-19/h3-5,7-9H,1,6,10H2,2H3. The molecule has 0 bridgehead atoms. The Morgan fingerprint density at radius 1 is 1.41 bits per heavy atom. The van der Waals surface area contributed by atoms with Gasteiger partial charge in [-0.05, 0) is 25.0 Å². The van der Waals surface area contributed by atoms with E-state index in [0.29, 0.717) is 10.7 Å². The second kappa shape index (κ2) is 6.11. The lowest BCUT2D eigenvalue weighted by molar-refractivity contribution is 0.298. The summed E-state index contributed by atoms with van der Waals surface area (Å²) in [6, 6.07) is 9.24. The lowest BCUT2D eigenvalue weighted by atomic mass is 10.1. The van der Waals surface area contributed by atoms with Gasteiger partial charge in [-0.2, -0.15) is 9.61 Å². The first-order valence-corrected chi connectivity index (χ1v) is 7.67. The maximum Gasteiger partial charge on any atom is 0.275 e. The van der Waals surface area contributed by atoms with Gasteiger partial charge in [0, 0.05) is 6.07 Å². The molecule has 0 aliphatic heterocycles. The minimum atomic E-state index is -0.188. The molecule has 22 heavy (non-hydrogen) atoms. The van der Waals surface area contributed by atoms with Crippen LogP contribution < -0.4 is 10.3 Å². The van der Waals surface area contributed by atoms with Crippen LogP contribution in [0.25, 0.3) is 4.96 Å². The lowest BCUT2D eigenvalue weighted by Crippen LogP contribution is -2.16. The van der Waals surface area contributed by atoms with Crippen LogP contribution in [0.15, 0.2) is 47.8 Å². The number of nitrogens with zero attached hydrogens (tertiary/aromatic N) is 3. The van der Waals surface area contributed by atoms with Gasteiger partial charge in [0.2, 0.25) is 4.96 Å². The van der Waals surface area contributed by atoms with Crippen molar-refractivity contribution in [3.63, 3.8) is 0 Å². The highest BCUT2D eigenvalue weighted by Gasteiger charge is 2.08. The molecular formula is C16H15N3O2S. The van der Waals surface area contributed by atoms with Gasteiger partial charge in [-0.15, -0.1) is 6.58 Å². The number of fused-ring (bicyclic) bond motifs is 1. The highest BCUT2D eigenvalue weighted by atomic mass is 32.1. The van der Waals surface area contributed by atoms with Crippen molar-refractivity contribution in [1.29, 1.82) is 0 Å². The summed E-state index contributed by atoms with van der Waals surface area (Å²) in [5.74, 6) is 0.782. The summed E-state index contributed by atoms with van der Waals surface area (Å²) in [6.45, 7) is 5.84. The molecule has 0 aliphatic rings. The number of rotatable bonds is 5. The molecule has 0 saturated carbocycles. The van der Waals surface area contributed by atoms with Crippen molar-refractivity contribution in [2.75, 3.05) is 0 Å². The zero-order chi connectivity index (χ0) is 15.5. The topological polar surface area (TPSA) is 56.5 Å². The molecule has 0 amide bonds. The van der Waals surface area contributed by atoms with Crippen molar-refractivity contribution in [2.45, 2.75) is 20.0 Å². The molecular weight excluding hydrogens is 298 g/mol. The van der Waals surface area contributed by atoms with Gasteiger partial charge in [-0.1, -0.05) is 35.6 Å². The van der Waals surface area contributed by atoms with Crippen molar-refractivity contribution >= 4 is 16.3 Å². The predicted molar refractivity (Wildman–Crippen MR) is 86.5 cm³/mol. The van der Waals surface area contributed by atoms with E-state index in [1.165, 1.54) is 21.9 Å². The number of hydrogen-bond donors (Lipinski definition) is 0. The first-order valence-electron chi connectivity index (χ1n) is 6.85. The molecule has 2 aromatic heterocycles. The van der Waals surface area contributed by atoms with Gasteiger partial charge < -0.3 is 4.74 Å². The predicted octanol–water partition coefficient (Wildman–Crippen LogP) is 2.77. The lowest BCUT2D eigenvalue weighted by Gasteiger charge is -2.09. The van der Waals surface area contributed by atoms with Crippen LogP contribution in [0, 0.1) is 6.92 Å². The van der Waals surface area contributed by atoms with Gasteiger partial charge in [0.15, 0.2) is 0 Å². The smallest absolute Gasteiger partial charge is 0.275 e. The largest absolute Gasteiger partial charge is 0.487 e. The van der Waals surface area contributed by atoms with E-state index in [-0.39, 0.29) is 12.2 Å². The molecule has 2 heterocycles. The minimum Gasteiger partial charge on any atom is -0.487 e. The van der Waals surface area contributed by atoms with E-state index >= 15 is 0 Å². The summed E-state index contributed by atoms with van der Waals surface area (Å²) in [7, 11) is 0. The molecule has 0 unspecified atom stereocenters. The summed E-state index contributed by atoms with van der Waals surface area (Å²) in [4.78, 5) is 17.0. The minimum absolute atomic E-state index is 0.188. The van der Waals surface area contributed by atoms with Crippen LogP contribution in [-0.4, -0.2) is 14.6 Å². The summed E-state index contributed by atoms with van der Waals surface area (Å²) < 4.78 is 7.13. The molecule has 3 rings (SSSR count). The molecule has 3 aromatic rings. The van der Waals surface area contributed by atoms with Crippen molar-refractivity contribution in [3.05, 3.63) is 69.6 Å². The quantitative estimate of drug-likeness (QED) is 0.680. The fraction of sp³-hybridized carbons (Fsp3) is 0.188. The van der Waals surface area contributed by atoms with E-state index in [1.54, 1.807) is 0 Å². The Labute approximate surface area is 131 Å². The van der Waals surface area contributed by atoms with Gasteiger partial charge in [0.1, 0.15) is 17.4 Å². The fourth-order valence-corrected chi connectivity index (χ4v) is 2.91. The number of allylic oxidation sites excluding steroid dienone is 1. The molecule has 5 nitrogen and oxygen atoms in total. The van der Waals surface area contributed by atoms with Crippen LogP contribution >= 0.6 is 11.3 Å². The van der Waals surface area contributed by atoms with E-state index in [4.69, 9.17) is 4.74 Å². The zero-order valence-corrected chi connectivity index (χ0v) is 13.0. The van der Waals surface area contributed by atoms with Crippen molar-refractivity contribution in [2.24, 2.45) is 0 Å². The number of aromatic nitrogens is 3. The Hall–Kier alpha value is -2.47. The number of para-hydroxylation sites is 1. The number of ether oxygens (including phenoxy) is 1. The second-order valence-electron chi connectivity index (χ2n) is 4.79. The molecule has 0 N–H and O–H groups in total. The van der Waals surface area contributed by atoms with Crippen LogP contribution in [0.1, 0.15) is 16.3 Å². The SMILES string of the molecule is C=CCc1ccccc1OCc1cc(=O)n2nc(C)sc2n1. The molecule has 0 saturated heterocycles. The van der Waals surface area contributed by atoms with Crippen LogP contribution in [0.2, 0.25) is 0 Å². The molecule has 112 valence electrons. The fourth-order valence-electron chi connectivity index (χ4n) is 2.15. The van der Waals surface area contributed by atoms with E-state index in [1.807, 2.05) is 37.3 Å². The van der Waals surface area contributed by atoms with Crippen LogP contribution in [0.4, 0.5) is 0 Å². The summed E-state index contributed by atoms with van der Waals surface area (Å²) in [6.07, 6.45) is 2.57. The maximum absolute atomic E-state index is 12.0. The molecule has 0 radical (unpaired) electrons. The van der Waals surface area contributed by atoms with Crippen molar-refractivity contribution < 1.29 is 4.74 Å². The van der Waals surface area contributed by atoms with E-state index < -0.39 is 0 Å². The average Bonchev–Trinajstić information content (AvgIpc) is 2.88. The highest BCUT2D eigenvalue weighted by molar-refractivity contribution is 7.16. The number of benzene rings is 1. The first kappa shape index (κ1) is 14.5. The second-order valence-corrected chi connectivity index (χ2v) is 5.95. The molecule has 0 aliphatic carbocycles. The Kier molecular flexibility index (Phi) is 4.02. The van der Waals surface area contributed by atoms with Gasteiger partial charge in [-0.3, -0.25) is 4.79 Å². The van der Waals surface area contributed by atoms with E-state index in [9.17, 15) is 4.79 Å². The van der Waals surface area contributed by atoms with Crippen LogP contribution in [0.5, 0.6) is 5.75 Å². The molecule has 0 atom stereocenters. The molecule has 6 heteroatoms. The third kappa shape index (κ3) is 2.92. The Morgan fingerprint density at radius 3 is 3.05 bits per heavy atom.